The summed E-state index contributed by atoms with van der Waals surface area (Å²) in [5, 5.41) is 1.99. The van der Waals surface area contributed by atoms with Gasteiger partial charge in [0.2, 0.25) is 5.91 Å². The molecule has 100 valence electrons. The molecule has 0 N–H and O–H groups in total. The molecule has 6 heteroatoms. The van der Waals surface area contributed by atoms with Crippen molar-refractivity contribution in [2.75, 3.05) is 7.05 Å². The topological polar surface area (TPSA) is 38.1 Å². The molecule has 0 unspecified atom stereocenters. The van der Waals surface area contributed by atoms with Gasteiger partial charge in [0.25, 0.3) is 0 Å². The van der Waals surface area contributed by atoms with E-state index < -0.39 is 0 Å². The zero-order valence-electron chi connectivity index (χ0n) is 10.7. The van der Waals surface area contributed by atoms with Crippen molar-refractivity contribution in [1.82, 2.24) is 14.5 Å². The summed E-state index contributed by atoms with van der Waals surface area (Å²) < 4.78 is 2.96. The molecule has 0 saturated carbocycles. The van der Waals surface area contributed by atoms with Crippen LogP contribution in [0.2, 0.25) is 0 Å². The highest BCUT2D eigenvalue weighted by Crippen LogP contribution is 2.21. The molecule has 0 radical (unpaired) electrons. The zero-order valence-corrected chi connectivity index (χ0v) is 13.1. The van der Waals surface area contributed by atoms with Gasteiger partial charge in [0.05, 0.1) is 10.3 Å². The summed E-state index contributed by atoms with van der Waals surface area (Å²) in [7, 11) is 3.68. The van der Waals surface area contributed by atoms with Gasteiger partial charge in [-0.3, -0.25) is 4.79 Å². The lowest BCUT2D eigenvalue weighted by molar-refractivity contribution is -0.125. The summed E-state index contributed by atoms with van der Waals surface area (Å²) in [5.74, 6) is 0.827. The van der Waals surface area contributed by atoms with Crippen LogP contribution in [0.5, 0.6) is 0 Å². The van der Waals surface area contributed by atoms with Gasteiger partial charge in [-0.2, -0.15) is 0 Å². The fourth-order valence-electron chi connectivity index (χ4n) is 1.54. The van der Waals surface area contributed by atoms with Gasteiger partial charge in [-0.25, -0.2) is 4.98 Å². The van der Waals surface area contributed by atoms with Gasteiger partial charge in [0, 0.05) is 32.6 Å². The summed E-state index contributed by atoms with van der Waals surface area (Å²) in [4.78, 5) is 17.8. The first-order valence-corrected chi connectivity index (χ1v) is 7.37. The van der Waals surface area contributed by atoms with Crippen molar-refractivity contribution in [1.29, 1.82) is 0 Å². The van der Waals surface area contributed by atoms with Crippen LogP contribution in [-0.4, -0.2) is 27.4 Å². The number of rotatable bonds is 4. The van der Waals surface area contributed by atoms with Gasteiger partial charge in [0.15, 0.2) is 0 Å². The number of hydrogen-bond acceptors (Lipinski definition) is 3. The van der Waals surface area contributed by atoms with Gasteiger partial charge < -0.3 is 9.47 Å². The lowest BCUT2D eigenvalue weighted by Crippen LogP contribution is -2.25. The number of carbonyl (C=O) groups excluding carboxylic acids is 1. The minimum Gasteiger partial charge on any atom is -0.337 e. The molecule has 0 saturated heterocycles. The van der Waals surface area contributed by atoms with E-state index in [2.05, 4.69) is 20.9 Å². The van der Waals surface area contributed by atoms with E-state index in [1.165, 1.54) is 0 Å². The highest BCUT2D eigenvalue weighted by Gasteiger charge is 2.08. The van der Waals surface area contributed by atoms with E-state index in [0.29, 0.717) is 6.54 Å². The summed E-state index contributed by atoms with van der Waals surface area (Å²) in [6.45, 7) is 0.500. The molecule has 0 aliphatic heterocycles. The minimum atomic E-state index is -0.0367. The second kappa shape index (κ2) is 6.16. The minimum absolute atomic E-state index is 0.0367. The molecule has 1 amide bonds. The van der Waals surface area contributed by atoms with Crippen molar-refractivity contribution in [2.24, 2.45) is 7.05 Å². The maximum absolute atomic E-state index is 12.0. The van der Waals surface area contributed by atoms with E-state index in [9.17, 15) is 4.79 Å². The molecular formula is C13H14BrN3OS. The number of hydrogen-bond donors (Lipinski definition) is 0. The Morgan fingerprint density at radius 3 is 3.00 bits per heavy atom. The first kappa shape index (κ1) is 14.0. The van der Waals surface area contributed by atoms with Gasteiger partial charge in [-0.1, -0.05) is 0 Å². The number of likely N-dealkylation sites (N-methyl/N-ethyl adjacent to an activating group) is 1. The molecule has 0 atom stereocenters. The standard InChI is InChI=1S/C13H14BrN3OS/c1-16-6-5-15-12(16)8-17(2)13(18)4-3-10-7-11(14)19-9-10/h3-7,9H,8H2,1-2H3/b4-3+. The van der Waals surface area contributed by atoms with Crippen molar-refractivity contribution in [3.8, 4) is 0 Å². The smallest absolute Gasteiger partial charge is 0.246 e. The molecule has 0 bridgehead atoms. The van der Waals surface area contributed by atoms with Crippen LogP contribution < -0.4 is 0 Å². The Balaban J connectivity index is 1.96. The maximum Gasteiger partial charge on any atom is 0.246 e. The molecule has 0 aliphatic carbocycles. The second-order valence-corrected chi connectivity index (χ2v) is 6.46. The first-order chi connectivity index (χ1) is 9.06. The molecule has 0 spiro atoms. The summed E-state index contributed by atoms with van der Waals surface area (Å²) in [6, 6.07) is 1.98. The molecule has 2 rings (SSSR count). The SMILES string of the molecule is CN(Cc1nccn1C)C(=O)/C=C/c1csc(Br)c1. The number of nitrogens with zero attached hydrogens (tertiary/aromatic N) is 3. The number of halogens is 1. The van der Waals surface area contributed by atoms with E-state index in [1.807, 2.05) is 35.3 Å². The Bertz CT molecular complexity index is 603. The zero-order chi connectivity index (χ0) is 13.8. The second-order valence-electron chi connectivity index (χ2n) is 4.17. The van der Waals surface area contributed by atoms with Crippen LogP contribution in [0, 0.1) is 0 Å². The van der Waals surface area contributed by atoms with Crippen molar-refractivity contribution in [2.45, 2.75) is 6.54 Å². The largest absolute Gasteiger partial charge is 0.337 e. The van der Waals surface area contributed by atoms with Crippen molar-refractivity contribution < 1.29 is 4.79 Å². The summed E-state index contributed by atoms with van der Waals surface area (Å²) in [6.07, 6.45) is 6.99. The number of carbonyl (C=O) groups is 1. The Hall–Kier alpha value is -1.40. The highest BCUT2D eigenvalue weighted by molar-refractivity contribution is 9.11. The van der Waals surface area contributed by atoms with E-state index in [0.717, 1.165) is 15.2 Å². The van der Waals surface area contributed by atoms with Crippen LogP contribution in [-0.2, 0) is 18.4 Å². The molecule has 0 aliphatic rings. The predicted octanol–water partition coefficient (Wildman–Crippen LogP) is 2.92. The fourth-order valence-corrected chi connectivity index (χ4v) is 2.69. The fraction of sp³-hybridized carbons (Fsp3) is 0.231. The molecule has 0 aromatic carbocycles. The Morgan fingerprint density at radius 1 is 1.63 bits per heavy atom. The molecule has 2 heterocycles. The quantitative estimate of drug-likeness (QED) is 0.803. The lowest BCUT2D eigenvalue weighted by atomic mass is 10.3. The molecule has 4 nitrogen and oxygen atoms in total. The third-order valence-electron chi connectivity index (χ3n) is 2.68. The van der Waals surface area contributed by atoms with Crippen LogP contribution in [0.3, 0.4) is 0 Å². The van der Waals surface area contributed by atoms with Crippen molar-refractivity contribution in [3.05, 3.63) is 45.1 Å². The predicted molar refractivity (Wildman–Crippen MR) is 80.7 cm³/mol. The van der Waals surface area contributed by atoms with Crippen LogP contribution in [0.25, 0.3) is 6.08 Å². The van der Waals surface area contributed by atoms with Gasteiger partial charge in [-0.05, 0) is 39.0 Å². The van der Waals surface area contributed by atoms with Crippen molar-refractivity contribution >= 4 is 39.2 Å². The van der Waals surface area contributed by atoms with Crippen LogP contribution in [0.1, 0.15) is 11.4 Å². The molecule has 2 aromatic rings. The number of aryl methyl sites for hydroxylation is 1. The van der Waals surface area contributed by atoms with Gasteiger partial charge in [0.1, 0.15) is 5.82 Å². The average Bonchev–Trinajstić information content (AvgIpc) is 2.96. The molecule has 0 fully saturated rings. The van der Waals surface area contributed by atoms with Crippen LogP contribution in [0.15, 0.2) is 33.7 Å². The lowest BCUT2D eigenvalue weighted by Gasteiger charge is -2.14. The number of thiophene rings is 1. The maximum atomic E-state index is 12.0. The summed E-state index contributed by atoms with van der Waals surface area (Å²) >= 11 is 4.99. The van der Waals surface area contributed by atoms with Crippen LogP contribution >= 0.6 is 27.3 Å². The first-order valence-electron chi connectivity index (χ1n) is 5.69. The Labute approximate surface area is 124 Å². The highest BCUT2D eigenvalue weighted by atomic mass is 79.9. The third kappa shape index (κ3) is 3.78. The molecule has 19 heavy (non-hydrogen) atoms. The van der Waals surface area contributed by atoms with Gasteiger partial charge >= 0.3 is 0 Å². The Kier molecular flexibility index (Phi) is 4.55. The van der Waals surface area contributed by atoms with Crippen molar-refractivity contribution in [3.63, 3.8) is 0 Å². The Morgan fingerprint density at radius 2 is 2.42 bits per heavy atom. The summed E-state index contributed by atoms with van der Waals surface area (Å²) in [5.41, 5.74) is 1.02. The van der Waals surface area contributed by atoms with E-state index >= 15 is 0 Å². The third-order valence-corrected chi connectivity index (χ3v) is 4.20. The van der Waals surface area contributed by atoms with Gasteiger partial charge in [-0.15, -0.1) is 11.3 Å². The monoisotopic (exact) mass is 339 g/mol. The van der Waals surface area contributed by atoms with Crippen LogP contribution in [0.4, 0.5) is 0 Å². The average molecular weight is 340 g/mol. The number of amides is 1. The van der Waals surface area contributed by atoms with E-state index in [-0.39, 0.29) is 5.91 Å². The number of imidazole rings is 1. The van der Waals surface area contributed by atoms with E-state index in [4.69, 9.17) is 0 Å². The normalized spacial score (nSPS) is 11.1. The van der Waals surface area contributed by atoms with E-state index in [1.54, 1.807) is 35.6 Å². The molecule has 2 aromatic heterocycles. The molecular weight excluding hydrogens is 326 g/mol. The number of aromatic nitrogens is 2.